The van der Waals surface area contributed by atoms with Gasteiger partial charge in [-0.3, -0.25) is 9.69 Å². The van der Waals surface area contributed by atoms with Crippen molar-refractivity contribution in [2.45, 2.75) is 4.90 Å². The summed E-state index contributed by atoms with van der Waals surface area (Å²) in [6.07, 6.45) is 3.34. The molecule has 36 heavy (non-hydrogen) atoms. The molecular formula is C27H21N3O4S2. The van der Waals surface area contributed by atoms with E-state index in [-0.39, 0.29) is 10.8 Å². The summed E-state index contributed by atoms with van der Waals surface area (Å²) in [6.45, 7) is 4.10. The molecule has 0 radical (unpaired) electrons. The van der Waals surface area contributed by atoms with Gasteiger partial charge in [0.25, 0.3) is 5.91 Å². The van der Waals surface area contributed by atoms with Crippen molar-refractivity contribution in [2.24, 2.45) is 10.1 Å². The minimum absolute atomic E-state index is 0.0217. The summed E-state index contributed by atoms with van der Waals surface area (Å²) in [5.41, 5.74) is 1.46. The fourth-order valence-corrected chi connectivity index (χ4v) is 5.31. The average Bonchev–Trinajstić information content (AvgIpc) is 3.45. The number of hydrogen-bond acceptors (Lipinski definition) is 6. The first-order chi connectivity index (χ1) is 17.3. The van der Waals surface area contributed by atoms with Crippen molar-refractivity contribution in [2.75, 3.05) is 6.54 Å². The highest BCUT2D eigenvalue weighted by Crippen LogP contribution is 2.36. The summed E-state index contributed by atoms with van der Waals surface area (Å²) >= 11 is 1.27. The van der Waals surface area contributed by atoms with Crippen molar-refractivity contribution in [3.05, 3.63) is 102 Å². The van der Waals surface area contributed by atoms with Crippen LogP contribution in [0.1, 0.15) is 5.76 Å². The molecule has 7 nitrogen and oxygen atoms in total. The number of nitrogens with two attached hydrogens (primary N) is 1. The highest BCUT2D eigenvalue weighted by atomic mass is 32.2. The lowest BCUT2D eigenvalue weighted by Gasteiger charge is -2.13. The van der Waals surface area contributed by atoms with Gasteiger partial charge in [0.2, 0.25) is 10.0 Å². The van der Waals surface area contributed by atoms with Crippen molar-refractivity contribution in [1.82, 2.24) is 4.90 Å². The van der Waals surface area contributed by atoms with E-state index in [2.05, 4.69) is 6.58 Å². The first-order valence-corrected chi connectivity index (χ1v) is 13.3. The fraction of sp³-hybridized carbons (Fsp3) is 0.0370. The van der Waals surface area contributed by atoms with Gasteiger partial charge in [0.1, 0.15) is 11.5 Å². The number of nitrogens with zero attached hydrogens (tertiary/aromatic N) is 2. The van der Waals surface area contributed by atoms with Crippen LogP contribution in [0.25, 0.3) is 28.2 Å². The second kappa shape index (κ2) is 9.62. The van der Waals surface area contributed by atoms with E-state index in [1.165, 1.54) is 23.9 Å². The summed E-state index contributed by atoms with van der Waals surface area (Å²) < 4.78 is 28.9. The third kappa shape index (κ3) is 4.76. The SMILES string of the molecule is C=CCN1C(=O)C(=Cc2ccc(-c3ccc(S(N)(=O)=O)cc3)o2)SC1=Nc1cccc2ccccc12. The van der Waals surface area contributed by atoms with Gasteiger partial charge in [0, 0.05) is 23.6 Å². The summed E-state index contributed by atoms with van der Waals surface area (Å²) in [6, 6.07) is 23.4. The monoisotopic (exact) mass is 515 g/mol. The predicted octanol–water partition coefficient (Wildman–Crippen LogP) is 5.54. The molecule has 2 N–H and O–H groups in total. The summed E-state index contributed by atoms with van der Waals surface area (Å²) in [7, 11) is -3.77. The molecule has 0 unspecified atom stereocenters. The average molecular weight is 516 g/mol. The Morgan fingerprint density at radius 2 is 1.75 bits per heavy atom. The number of primary sulfonamides is 1. The summed E-state index contributed by atoms with van der Waals surface area (Å²) in [5.74, 6) is 0.835. The van der Waals surface area contributed by atoms with E-state index >= 15 is 0 Å². The Labute approximate surface area is 212 Å². The molecule has 5 rings (SSSR count). The number of amides is 1. The second-order valence-electron chi connectivity index (χ2n) is 7.98. The third-order valence-electron chi connectivity index (χ3n) is 5.55. The number of furan rings is 1. The number of carbonyl (C=O) groups excluding carboxylic acids is 1. The minimum Gasteiger partial charge on any atom is -0.457 e. The molecule has 9 heteroatoms. The lowest BCUT2D eigenvalue weighted by molar-refractivity contribution is -0.121. The molecule has 1 aliphatic rings. The second-order valence-corrected chi connectivity index (χ2v) is 10.5. The molecule has 1 fully saturated rings. The molecule has 1 amide bonds. The normalized spacial score (nSPS) is 16.4. The maximum atomic E-state index is 13.2. The van der Waals surface area contributed by atoms with Gasteiger partial charge in [-0.25, -0.2) is 18.5 Å². The highest BCUT2D eigenvalue weighted by molar-refractivity contribution is 8.18. The minimum atomic E-state index is -3.77. The molecular weight excluding hydrogens is 494 g/mol. The zero-order valence-electron chi connectivity index (χ0n) is 19.0. The van der Waals surface area contributed by atoms with E-state index in [9.17, 15) is 13.2 Å². The van der Waals surface area contributed by atoms with Crippen LogP contribution in [-0.2, 0) is 14.8 Å². The zero-order valence-corrected chi connectivity index (χ0v) is 20.6. The molecule has 4 aromatic rings. The molecule has 3 aromatic carbocycles. The molecule has 2 heterocycles. The molecule has 1 aliphatic heterocycles. The van der Waals surface area contributed by atoms with Crippen LogP contribution in [0.5, 0.6) is 0 Å². The van der Waals surface area contributed by atoms with E-state index in [1.807, 2.05) is 42.5 Å². The van der Waals surface area contributed by atoms with Gasteiger partial charge in [0.05, 0.1) is 15.5 Å². The van der Waals surface area contributed by atoms with Crippen molar-refractivity contribution < 1.29 is 17.6 Å². The lowest BCUT2D eigenvalue weighted by Crippen LogP contribution is -2.29. The molecule has 180 valence electrons. The molecule has 0 aliphatic carbocycles. The smallest absolute Gasteiger partial charge is 0.267 e. The summed E-state index contributed by atoms with van der Waals surface area (Å²) in [5, 5.41) is 7.79. The van der Waals surface area contributed by atoms with Crippen LogP contribution in [0.15, 0.2) is 111 Å². The van der Waals surface area contributed by atoms with Crippen LogP contribution in [0.2, 0.25) is 0 Å². The topological polar surface area (TPSA) is 106 Å². The van der Waals surface area contributed by atoms with Crippen molar-refractivity contribution in [3.63, 3.8) is 0 Å². The molecule has 0 spiro atoms. The molecule has 0 saturated carbocycles. The Hall–Kier alpha value is -3.92. The van der Waals surface area contributed by atoms with Gasteiger partial charge in [0.15, 0.2) is 5.17 Å². The van der Waals surface area contributed by atoms with Crippen LogP contribution in [-0.4, -0.2) is 30.9 Å². The standard InChI is InChI=1S/C27H21N3O4S2/c1-2-16-30-26(31)25(35-27(30)29-23-9-5-7-18-6-3-4-8-22(18)23)17-20-12-15-24(34-20)19-10-13-21(14-11-19)36(28,32)33/h2-15,17H,1,16H2,(H2,28,32,33). The third-order valence-corrected chi connectivity index (χ3v) is 7.49. The Kier molecular flexibility index (Phi) is 6.36. The van der Waals surface area contributed by atoms with Gasteiger partial charge < -0.3 is 4.42 Å². The van der Waals surface area contributed by atoms with Crippen LogP contribution in [0, 0.1) is 0 Å². The van der Waals surface area contributed by atoms with Gasteiger partial charge in [-0.2, -0.15) is 0 Å². The number of aliphatic imine (C=N–C) groups is 1. The zero-order chi connectivity index (χ0) is 25.3. The quantitative estimate of drug-likeness (QED) is 0.268. The van der Waals surface area contributed by atoms with Crippen LogP contribution in [0.4, 0.5) is 5.69 Å². The van der Waals surface area contributed by atoms with E-state index in [0.29, 0.717) is 33.7 Å². The largest absolute Gasteiger partial charge is 0.457 e. The number of amidine groups is 1. The number of sulfonamides is 1. The predicted molar refractivity (Wildman–Crippen MR) is 144 cm³/mol. The maximum Gasteiger partial charge on any atom is 0.267 e. The number of benzene rings is 3. The number of rotatable bonds is 6. The van der Waals surface area contributed by atoms with E-state index in [1.54, 1.807) is 41.3 Å². The molecule has 0 atom stereocenters. The van der Waals surface area contributed by atoms with Crippen LogP contribution < -0.4 is 5.14 Å². The lowest BCUT2D eigenvalue weighted by atomic mass is 10.1. The van der Waals surface area contributed by atoms with Gasteiger partial charge in [-0.15, -0.1) is 6.58 Å². The Morgan fingerprint density at radius 3 is 2.50 bits per heavy atom. The number of fused-ring (bicyclic) bond motifs is 1. The van der Waals surface area contributed by atoms with Gasteiger partial charge >= 0.3 is 0 Å². The van der Waals surface area contributed by atoms with Crippen molar-refractivity contribution in [3.8, 4) is 11.3 Å². The Balaban J connectivity index is 1.45. The highest BCUT2D eigenvalue weighted by Gasteiger charge is 2.33. The maximum absolute atomic E-state index is 13.2. The fourth-order valence-electron chi connectivity index (χ4n) is 3.81. The summed E-state index contributed by atoms with van der Waals surface area (Å²) in [4.78, 5) is 20.1. The van der Waals surface area contributed by atoms with E-state index in [4.69, 9.17) is 14.5 Å². The number of carbonyl (C=O) groups is 1. The molecule has 0 bridgehead atoms. The van der Waals surface area contributed by atoms with Crippen molar-refractivity contribution in [1.29, 1.82) is 0 Å². The Morgan fingerprint density at radius 1 is 1.00 bits per heavy atom. The molecule has 1 saturated heterocycles. The van der Waals surface area contributed by atoms with Gasteiger partial charge in [-0.1, -0.05) is 42.5 Å². The molecule has 1 aromatic heterocycles. The van der Waals surface area contributed by atoms with Gasteiger partial charge in [-0.05, 0) is 59.6 Å². The van der Waals surface area contributed by atoms with Crippen molar-refractivity contribution >= 4 is 55.4 Å². The first kappa shape index (κ1) is 23.8. The van der Waals surface area contributed by atoms with Crippen LogP contribution >= 0.6 is 11.8 Å². The first-order valence-electron chi connectivity index (χ1n) is 11.0. The van der Waals surface area contributed by atoms with E-state index < -0.39 is 10.0 Å². The van der Waals surface area contributed by atoms with E-state index in [0.717, 1.165) is 16.5 Å². The number of hydrogen-bond donors (Lipinski definition) is 1. The number of thioether (sulfide) groups is 1. The Bertz CT molecular complexity index is 1650. The van der Waals surface area contributed by atoms with Crippen LogP contribution in [0.3, 0.4) is 0 Å².